The van der Waals surface area contributed by atoms with Crippen molar-refractivity contribution in [2.75, 3.05) is 11.1 Å². The van der Waals surface area contributed by atoms with E-state index in [9.17, 15) is 4.79 Å². The average molecular weight is 268 g/mol. The molecule has 3 heteroatoms. The lowest BCUT2D eigenvalue weighted by Crippen LogP contribution is -2.14. The zero-order valence-electron chi connectivity index (χ0n) is 12.2. The Hall–Kier alpha value is -2.29. The minimum absolute atomic E-state index is 0.121. The van der Waals surface area contributed by atoms with Crippen LogP contribution < -0.4 is 11.1 Å². The topological polar surface area (TPSA) is 55.1 Å². The van der Waals surface area contributed by atoms with E-state index in [2.05, 4.69) is 12.2 Å². The quantitative estimate of drug-likeness (QED) is 0.834. The number of carbonyl (C=O) groups is 1. The SMILES string of the molecule is CCc1cccc(C)c1NC(=O)c1cc(C)cc(N)c1. The molecule has 20 heavy (non-hydrogen) atoms. The van der Waals surface area contributed by atoms with Crippen molar-refractivity contribution in [3.63, 3.8) is 0 Å². The van der Waals surface area contributed by atoms with Crippen molar-refractivity contribution < 1.29 is 4.79 Å². The molecule has 104 valence electrons. The second-order valence-corrected chi connectivity index (χ2v) is 5.05. The molecule has 0 aromatic heterocycles. The van der Waals surface area contributed by atoms with Gasteiger partial charge in [-0.15, -0.1) is 0 Å². The van der Waals surface area contributed by atoms with Crippen LogP contribution >= 0.6 is 0 Å². The summed E-state index contributed by atoms with van der Waals surface area (Å²) >= 11 is 0. The molecule has 0 radical (unpaired) electrons. The van der Waals surface area contributed by atoms with Crippen LogP contribution in [-0.4, -0.2) is 5.91 Å². The van der Waals surface area contributed by atoms with Crippen molar-refractivity contribution in [1.29, 1.82) is 0 Å². The van der Waals surface area contributed by atoms with Crippen LogP contribution in [0.3, 0.4) is 0 Å². The maximum atomic E-state index is 12.4. The minimum atomic E-state index is -0.121. The van der Waals surface area contributed by atoms with Gasteiger partial charge in [-0.25, -0.2) is 0 Å². The number of para-hydroxylation sites is 1. The number of benzene rings is 2. The molecule has 2 rings (SSSR count). The van der Waals surface area contributed by atoms with Crippen LogP contribution in [0.2, 0.25) is 0 Å². The Morgan fingerprint density at radius 2 is 1.95 bits per heavy atom. The Morgan fingerprint density at radius 3 is 2.60 bits per heavy atom. The first-order valence-corrected chi connectivity index (χ1v) is 6.78. The first kappa shape index (κ1) is 14.1. The molecule has 3 nitrogen and oxygen atoms in total. The van der Waals surface area contributed by atoms with Crippen LogP contribution in [0.4, 0.5) is 11.4 Å². The summed E-state index contributed by atoms with van der Waals surface area (Å²) in [4.78, 5) is 12.4. The van der Waals surface area contributed by atoms with Gasteiger partial charge in [0.25, 0.3) is 5.91 Å². The monoisotopic (exact) mass is 268 g/mol. The van der Waals surface area contributed by atoms with Crippen LogP contribution in [0.15, 0.2) is 36.4 Å². The number of nitrogens with one attached hydrogen (secondary N) is 1. The number of nitrogen functional groups attached to an aromatic ring is 1. The molecule has 0 atom stereocenters. The highest BCUT2D eigenvalue weighted by atomic mass is 16.1. The first-order valence-electron chi connectivity index (χ1n) is 6.78. The number of anilines is 2. The largest absolute Gasteiger partial charge is 0.399 e. The fourth-order valence-corrected chi connectivity index (χ4v) is 2.33. The van der Waals surface area contributed by atoms with Crippen molar-refractivity contribution in [2.45, 2.75) is 27.2 Å². The molecule has 0 unspecified atom stereocenters. The summed E-state index contributed by atoms with van der Waals surface area (Å²) in [5.74, 6) is -0.121. The van der Waals surface area contributed by atoms with E-state index in [4.69, 9.17) is 5.73 Å². The number of amides is 1. The van der Waals surface area contributed by atoms with Crippen molar-refractivity contribution in [2.24, 2.45) is 0 Å². The average Bonchev–Trinajstić information content (AvgIpc) is 2.39. The number of hydrogen-bond donors (Lipinski definition) is 2. The van der Waals surface area contributed by atoms with Crippen molar-refractivity contribution in [3.05, 3.63) is 58.7 Å². The third kappa shape index (κ3) is 2.99. The molecule has 0 fully saturated rings. The highest BCUT2D eigenvalue weighted by Gasteiger charge is 2.11. The van der Waals surface area contributed by atoms with E-state index in [0.29, 0.717) is 11.3 Å². The molecule has 1 amide bonds. The summed E-state index contributed by atoms with van der Waals surface area (Å²) in [7, 11) is 0. The predicted molar refractivity (Wildman–Crippen MR) is 84.1 cm³/mol. The molecule has 2 aromatic rings. The molecule has 0 aliphatic rings. The van der Waals surface area contributed by atoms with Crippen LogP contribution in [-0.2, 0) is 6.42 Å². The highest BCUT2D eigenvalue weighted by molar-refractivity contribution is 6.05. The molecule has 0 aliphatic carbocycles. The van der Waals surface area contributed by atoms with Gasteiger partial charge in [0.2, 0.25) is 0 Å². The Bertz CT molecular complexity index is 627. The number of carbonyl (C=O) groups excluding carboxylic acids is 1. The van der Waals surface area contributed by atoms with E-state index in [0.717, 1.165) is 28.8 Å². The zero-order chi connectivity index (χ0) is 14.7. The first-order chi connectivity index (χ1) is 9.51. The van der Waals surface area contributed by atoms with Gasteiger partial charge in [-0.3, -0.25) is 4.79 Å². The van der Waals surface area contributed by atoms with Gasteiger partial charge in [0.05, 0.1) is 0 Å². The van der Waals surface area contributed by atoms with Gasteiger partial charge in [-0.1, -0.05) is 25.1 Å². The molecule has 0 saturated heterocycles. The zero-order valence-corrected chi connectivity index (χ0v) is 12.2. The van der Waals surface area contributed by atoms with E-state index in [-0.39, 0.29) is 5.91 Å². The Morgan fingerprint density at radius 1 is 1.20 bits per heavy atom. The fraction of sp³-hybridized carbons (Fsp3) is 0.235. The summed E-state index contributed by atoms with van der Waals surface area (Å²) in [6, 6.07) is 11.4. The smallest absolute Gasteiger partial charge is 0.255 e. The van der Waals surface area contributed by atoms with Gasteiger partial charge in [-0.05, 0) is 55.2 Å². The molecule has 0 spiro atoms. The maximum absolute atomic E-state index is 12.4. The molecule has 3 N–H and O–H groups in total. The van der Waals surface area contributed by atoms with Gasteiger partial charge in [0.1, 0.15) is 0 Å². The standard InChI is InChI=1S/C17H20N2O/c1-4-13-7-5-6-12(3)16(13)19-17(20)14-8-11(2)9-15(18)10-14/h5-10H,4,18H2,1-3H3,(H,19,20). The van der Waals surface area contributed by atoms with Gasteiger partial charge >= 0.3 is 0 Å². The van der Waals surface area contributed by atoms with Crippen LogP contribution in [0.1, 0.15) is 34.0 Å². The minimum Gasteiger partial charge on any atom is -0.399 e. The van der Waals surface area contributed by atoms with E-state index in [1.165, 1.54) is 0 Å². The van der Waals surface area contributed by atoms with Crippen LogP contribution in [0, 0.1) is 13.8 Å². The Balaban J connectivity index is 2.32. The van der Waals surface area contributed by atoms with E-state index in [1.807, 2.05) is 44.2 Å². The predicted octanol–water partition coefficient (Wildman–Crippen LogP) is 3.70. The lowest BCUT2D eigenvalue weighted by molar-refractivity contribution is 0.102. The van der Waals surface area contributed by atoms with Gasteiger partial charge in [0, 0.05) is 16.9 Å². The Kier molecular flexibility index (Phi) is 4.08. The summed E-state index contributed by atoms with van der Waals surface area (Å²) in [6.07, 6.45) is 0.882. The number of aryl methyl sites for hydroxylation is 3. The fourth-order valence-electron chi connectivity index (χ4n) is 2.33. The summed E-state index contributed by atoms with van der Waals surface area (Å²) < 4.78 is 0. The second-order valence-electron chi connectivity index (χ2n) is 5.05. The number of hydrogen-bond acceptors (Lipinski definition) is 2. The molecule has 2 aromatic carbocycles. The summed E-state index contributed by atoms with van der Waals surface area (Å²) in [6.45, 7) is 6.01. The molecule has 0 heterocycles. The third-order valence-corrected chi connectivity index (χ3v) is 3.34. The van der Waals surface area contributed by atoms with E-state index >= 15 is 0 Å². The molecule has 0 bridgehead atoms. The van der Waals surface area contributed by atoms with Crippen LogP contribution in [0.5, 0.6) is 0 Å². The third-order valence-electron chi connectivity index (χ3n) is 3.34. The van der Waals surface area contributed by atoms with Crippen molar-refractivity contribution in [3.8, 4) is 0 Å². The van der Waals surface area contributed by atoms with Gasteiger partial charge < -0.3 is 11.1 Å². The normalized spacial score (nSPS) is 10.3. The molecule has 0 aliphatic heterocycles. The highest BCUT2D eigenvalue weighted by Crippen LogP contribution is 2.22. The maximum Gasteiger partial charge on any atom is 0.255 e. The van der Waals surface area contributed by atoms with E-state index < -0.39 is 0 Å². The van der Waals surface area contributed by atoms with Gasteiger partial charge in [-0.2, -0.15) is 0 Å². The molecular formula is C17H20N2O. The second kappa shape index (κ2) is 5.78. The van der Waals surface area contributed by atoms with Crippen LogP contribution in [0.25, 0.3) is 0 Å². The molecular weight excluding hydrogens is 248 g/mol. The summed E-state index contributed by atoms with van der Waals surface area (Å²) in [5, 5.41) is 3.01. The number of rotatable bonds is 3. The lowest BCUT2D eigenvalue weighted by Gasteiger charge is -2.13. The summed E-state index contributed by atoms with van der Waals surface area (Å²) in [5.41, 5.74) is 11.1. The lowest BCUT2D eigenvalue weighted by atomic mass is 10.0. The van der Waals surface area contributed by atoms with Crippen molar-refractivity contribution >= 4 is 17.3 Å². The van der Waals surface area contributed by atoms with Gasteiger partial charge in [0.15, 0.2) is 0 Å². The van der Waals surface area contributed by atoms with Crippen molar-refractivity contribution in [1.82, 2.24) is 0 Å². The molecule has 0 saturated carbocycles. The number of nitrogens with two attached hydrogens (primary N) is 1. The Labute approximate surface area is 119 Å². The van der Waals surface area contributed by atoms with E-state index in [1.54, 1.807) is 6.07 Å².